The van der Waals surface area contributed by atoms with E-state index in [4.69, 9.17) is 4.74 Å². The van der Waals surface area contributed by atoms with Gasteiger partial charge in [-0.25, -0.2) is 4.98 Å². The van der Waals surface area contributed by atoms with Crippen molar-refractivity contribution in [2.75, 3.05) is 18.6 Å². The number of aromatic nitrogens is 1. The molecule has 0 spiro atoms. The lowest BCUT2D eigenvalue weighted by Gasteiger charge is -2.30. The molecule has 1 aliphatic rings. The van der Waals surface area contributed by atoms with Gasteiger partial charge in [0.15, 0.2) is 0 Å². The van der Waals surface area contributed by atoms with Crippen LogP contribution in [0.1, 0.15) is 22.7 Å². The number of methoxy groups -OCH3 is 1. The maximum atomic E-state index is 12.6. The summed E-state index contributed by atoms with van der Waals surface area (Å²) >= 11 is 1.58. The van der Waals surface area contributed by atoms with Gasteiger partial charge >= 0.3 is 0 Å². The van der Waals surface area contributed by atoms with Crippen molar-refractivity contribution < 1.29 is 9.53 Å². The van der Waals surface area contributed by atoms with Crippen molar-refractivity contribution in [3.63, 3.8) is 0 Å². The Morgan fingerprint density at radius 3 is 3.05 bits per heavy atom. The Morgan fingerprint density at radius 2 is 2.33 bits per heavy atom. The Hall–Kier alpha value is -1.88. The number of anilines is 1. The van der Waals surface area contributed by atoms with Crippen LogP contribution in [0, 0.1) is 6.92 Å². The van der Waals surface area contributed by atoms with Crippen LogP contribution in [-0.2, 0) is 17.6 Å². The van der Waals surface area contributed by atoms with E-state index in [0.29, 0.717) is 6.42 Å². The third kappa shape index (κ3) is 2.78. The number of carbonyl (C=O) groups is 1. The number of para-hydroxylation sites is 1. The molecule has 110 valence electrons. The number of carbonyl (C=O) groups excluding carboxylic acids is 1. The fourth-order valence-electron chi connectivity index (χ4n) is 2.77. The van der Waals surface area contributed by atoms with E-state index in [-0.39, 0.29) is 5.91 Å². The number of rotatable bonds is 3. The van der Waals surface area contributed by atoms with Crippen molar-refractivity contribution in [3.05, 3.63) is 39.8 Å². The van der Waals surface area contributed by atoms with Crippen LogP contribution in [0.25, 0.3) is 0 Å². The number of ether oxygens (including phenoxy) is 1. The van der Waals surface area contributed by atoms with Crippen LogP contribution in [0.3, 0.4) is 0 Å². The predicted molar refractivity (Wildman–Crippen MR) is 84.2 cm³/mol. The number of nitrogens with zero attached hydrogens (tertiary/aromatic N) is 2. The lowest BCUT2D eigenvalue weighted by molar-refractivity contribution is -0.118. The average molecular weight is 302 g/mol. The number of aryl methyl sites for hydroxylation is 2. The topological polar surface area (TPSA) is 42.4 Å². The molecule has 5 heteroatoms. The molecule has 0 saturated heterocycles. The van der Waals surface area contributed by atoms with Gasteiger partial charge in [0.1, 0.15) is 5.75 Å². The molecule has 0 atom stereocenters. The molecule has 0 aliphatic carbocycles. The van der Waals surface area contributed by atoms with E-state index in [9.17, 15) is 4.79 Å². The van der Waals surface area contributed by atoms with Crippen LogP contribution < -0.4 is 9.64 Å². The van der Waals surface area contributed by atoms with Crippen molar-refractivity contribution >= 4 is 22.9 Å². The summed E-state index contributed by atoms with van der Waals surface area (Å²) in [6.07, 6.45) is 2.33. The molecule has 21 heavy (non-hydrogen) atoms. The SMILES string of the molecule is COc1cccc2c1N(C(=O)Cc1csc(C)n1)CCC2. The second-order valence-electron chi connectivity index (χ2n) is 5.15. The predicted octanol–water partition coefficient (Wildman–Crippen LogP) is 2.98. The van der Waals surface area contributed by atoms with Crippen LogP contribution in [0.4, 0.5) is 5.69 Å². The van der Waals surface area contributed by atoms with Crippen molar-refractivity contribution in [1.29, 1.82) is 0 Å². The van der Waals surface area contributed by atoms with Gasteiger partial charge in [0, 0.05) is 11.9 Å². The molecule has 1 amide bonds. The molecule has 0 saturated carbocycles. The first-order chi connectivity index (χ1) is 10.2. The molecule has 0 bridgehead atoms. The van der Waals surface area contributed by atoms with Gasteiger partial charge in [-0.2, -0.15) is 0 Å². The fraction of sp³-hybridized carbons (Fsp3) is 0.375. The summed E-state index contributed by atoms with van der Waals surface area (Å²) < 4.78 is 5.44. The Bertz CT molecular complexity index is 652. The van der Waals surface area contributed by atoms with Crippen LogP contribution in [0.2, 0.25) is 0 Å². The summed E-state index contributed by atoms with van der Waals surface area (Å²) in [7, 11) is 1.65. The van der Waals surface area contributed by atoms with Crippen LogP contribution >= 0.6 is 11.3 Å². The largest absolute Gasteiger partial charge is 0.495 e. The van der Waals surface area contributed by atoms with Gasteiger partial charge in [-0.1, -0.05) is 12.1 Å². The van der Waals surface area contributed by atoms with Gasteiger partial charge in [-0.3, -0.25) is 4.79 Å². The molecular formula is C16H18N2O2S. The average Bonchev–Trinajstić information content (AvgIpc) is 2.91. The fourth-order valence-corrected chi connectivity index (χ4v) is 3.38. The Labute approximate surface area is 128 Å². The molecule has 0 fully saturated rings. The van der Waals surface area contributed by atoms with Crippen molar-refractivity contribution in [2.24, 2.45) is 0 Å². The molecule has 2 heterocycles. The molecule has 3 rings (SSSR count). The van der Waals surface area contributed by atoms with E-state index >= 15 is 0 Å². The summed E-state index contributed by atoms with van der Waals surface area (Å²) in [6.45, 7) is 2.70. The van der Waals surface area contributed by atoms with E-state index in [1.54, 1.807) is 18.4 Å². The van der Waals surface area contributed by atoms with Gasteiger partial charge < -0.3 is 9.64 Å². The van der Waals surface area contributed by atoms with Crippen LogP contribution in [0.15, 0.2) is 23.6 Å². The van der Waals surface area contributed by atoms with Gasteiger partial charge in [0.25, 0.3) is 0 Å². The Kier molecular flexibility index (Phi) is 3.92. The quantitative estimate of drug-likeness (QED) is 0.875. The Balaban J connectivity index is 1.89. The standard InChI is InChI=1S/C16H18N2O2S/c1-11-17-13(10-21-11)9-15(19)18-8-4-6-12-5-3-7-14(20-2)16(12)18/h3,5,7,10H,4,6,8-9H2,1-2H3. The van der Waals surface area contributed by atoms with Crippen LogP contribution in [0.5, 0.6) is 5.75 Å². The molecule has 4 nitrogen and oxygen atoms in total. The molecule has 1 aliphatic heterocycles. The molecule has 2 aromatic rings. The first-order valence-electron chi connectivity index (χ1n) is 7.06. The lowest BCUT2D eigenvalue weighted by Crippen LogP contribution is -2.36. The van der Waals surface area contributed by atoms with E-state index in [1.807, 2.05) is 29.3 Å². The molecule has 1 aromatic carbocycles. The van der Waals surface area contributed by atoms with Gasteiger partial charge in [-0.15, -0.1) is 11.3 Å². The van der Waals surface area contributed by atoms with Crippen molar-refractivity contribution in [3.8, 4) is 5.75 Å². The van der Waals surface area contributed by atoms with E-state index in [1.165, 1.54) is 5.56 Å². The normalized spacial score (nSPS) is 13.9. The number of hydrogen-bond donors (Lipinski definition) is 0. The number of amides is 1. The van der Waals surface area contributed by atoms with Crippen molar-refractivity contribution in [1.82, 2.24) is 4.98 Å². The number of hydrogen-bond acceptors (Lipinski definition) is 4. The molecule has 0 radical (unpaired) electrons. The van der Waals surface area contributed by atoms with E-state index < -0.39 is 0 Å². The van der Waals surface area contributed by atoms with Gasteiger partial charge in [0.05, 0.1) is 29.9 Å². The second-order valence-corrected chi connectivity index (χ2v) is 6.21. The maximum Gasteiger partial charge on any atom is 0.233 e. The van der Waals surface area contributed by atoms with E-state index in [0.717, 1.165) is 41.5 Å². The zero-order chi connectivity index (χ0) is 14.8. The summed E-state index contributed by atoms with van der Waals surface area (Å²) in [4.78, 5) is 18.9. The van der Waals surface area contributed by atoms with Crippen LogP contribution in [-0.4, -0.2) is 24.5 Å². The highest BCUT2D eigenvalue weighted by atomic mass is 32.1. The molecular weight excluding hydrogens is 284 g/mol. The number of thiazole rings is 1. The summed E-state index contributed by atoms with van der Waals surface area (Å²) in [5.41, 5.74) is 2.97. The molecule has 0 unspecified atom stereocenters. The smallest absolute Gasteiger partial charge is 0.233 e. The minimum absolute atomic E-state index is 0.0887. The number of benzene rings is 1. The van der Waals surface area contributed by atoms with Crippen molar-refractivity contribution in [2.45, 2.75) is 26.2 Å². The van der Waals surface area contributed by atoms with Gasteiger partial charge in [0.2, 0.25) is 5.91 Å². The zero-order valence-corrected chi connectivity index (χ0v) is 13.1. The summed E-state index contributed by atoms with van der Waals surface area (Å²) in [6, 6.07) is 5.97. The monoisotopic (exact) mass is 302 g/mol. The Morgan fingerprint density at radius 1 is 1.48 bits per heavy atom. The highest BCUT2D eigenvalue weighted by Gasteiger charge is 2.26. The molecule has 0 N–H and O–H groups in total. The minimum Gasteiger partial charge on any atom is -0.495 e. The highest BCUT2D eigenvalue weighted by Crippen LogP contribution is 2.36. The highest BCUT2D eigenvalue weighted by molar-refractivity contribution is 7.09. The molecule has 1 aromatic heterocycles. The lowest BCUT2D eigenvalue weighted by atomic mass is 10.0. The maximum absolute atomic E-state index is 12.6. The zero-order valence-electron chi connectivity index (χ0n) is 12.3. The third-order valence-electron chi connectivity index (χ3n) is 3.70. The summed E-state index contributed by atoms with van der Waals surface area (Å²) in [5, 5.41) is 2.95. The van der Waals surface area contributed by atoms with Gasteiger partial charge in [-0.05, 0) is 31.4 Å². The third-order valence-corrected chi connectivity index (χ3v) is 4.52. The second kappa shape index (κ2) is 5.85. The van der Waals surface area contributed by atoms with E-state index in [2.05, 4.69) is 11.1 Å². The minimum atomic E-state index is 0.0887. The summed E-state index contributed by atoms with van der Waals surface area (Å²) in [5.74, 6) is 0.862. The first kappa shape index (κ1) is 14.1. The first-order valence-corrected chi connectivity index (χ1v) is 7.94. The number of fused-ring (bicyclic) bond motifs is 1.